The van der Waals surface area contributed by atoms with E-state index in [9.17, 15) is 9.59 Å². The van der Waals surface area contributed by atoms with Crippen LogP contribution in [0.5, 0.6) is 11.5 Å². The van der Waals surface area contributed by atoms with Crippen molar-refractivity contribution in [3.63, 3.8) is 0 Å². The van der Waals surface area contributed by atoms with E-state index in [-0.39, 0.29) is 18.0 Å². The Labute approximate surface area is 143 Å². The van der Waals surface area contributed by atoms with Gasteiger partial charge in [0, 0.05) is 19.4 Å². The average molecular weight is 334 g/mol. The summed E-state index contributed by atoms with van der Waals surface area (Å²) in [4.78, 5) is 22.7. The van der Waals surface area contributed by atoms with Crippen LogP contribution < -0.4 is 9.47 Å². The van der Waals surface area contributed by atoms with Crippen molar-refractivity contribution in [1.82, 2.24) is 0 Å². The molecule has 24 heavy (non-hydrogen) atoms. The van der Waals surface area contributed by atoms with E-state index in [1.807, 2.05) is 34.6 Å². The Morgan fingerprint density at radius 3 is 2.25 bits per heavy atom. The second-order valence-corrected chi connectivity index (χ2v) is 6.77. The Kier molecular flexibility index (Phi) is 4.92. The lowest BCUT2D eigenvalue weighted by molar-refractivity contribution is -0.157. The third kappa shape index (κ3) is 3.25. The largest absolute Gasteiger partial charge is 0.483 e. The first-order chi connectivity index (χ1) is 11.1. The Hall–Kier alpha value is -2.04. The van der Waals surface area contributed by atoms with E-state index in [0.717, 1.165) is 40.8 Å². The lowest BCUT2D eigenvalue weighted by Crippen LogP contribution is -2.48. The third-order valence-electron chi connectivity index (χ3n) is 4.97. The van der Waals surface area contributed by atoms with Gasteiger partial charge in [-0.15, -0.1) is 0 Å². The normalized spacial score (nSPS) is 20.6. The Bertz CT molecular complexity index is 692. The fourth-order valence-corrected chi connectivity index (χ4v) is 3.21. The molecule has 0 saturated heterocycles. The van der Waals surface area contributed by atoms with Crippen LogP contribution in [0, 0.1) is 20.8 Å². The van der Waals surface area contributed by atoms with Gasteiger partial charge in [0.15, 0.2) is 0 Å². The zero-order valence-corrected chi connectivity index (χ0v) is 15.5. The van der Waals surface area contributed by atoms with Crippen molar-refractivity contribution < 1.29 is 23.8 Å². The summed E-state index contributed by atoms with van der Waals surface area (Å²) in [6, 6.07) is 0. The predicted octanol–water partition coefficient (Wildman–Crippen LogP) is 3.57. The van der Waals surface area contributed by atoms with Crippen LogP contribution >= 0.6 is 0 Å². The predicted molar refractivity (Wildman–Crippen MR) is 90.5 cm³/mol. The highest BCUT2D eigenvalue weighted by Crippen LogP contribution is 2.44. The average Bonchev–Trinajstić information content (AvgIpc) is 2.48. The molecular formula is C19H26O5. The molecule has 1 aromatic rings. The first-order valence-corrected chi connectivity index (χ1v) is 8.24. The maximum Gasteiger partial charge on any atom is 0.308 e. The highest BCUT2D eigenvalue weighted by atomic mass is 16.6. The minimum Gasteiger partial charge on any atom is -0.483 e. The van der Waals surface area contributed by atoms with Crippen molar-refractivity contribution in [2.75, 3.05) is 0 Å². The molecule has 0 aliphatic carbocycles. The number of esters is 2. The molecule has 0 amide bonds. The summed E-state index contributed by atoms with van der Waals surface area (Å²) < 4.78 is 17.1. The van der Waals surface area contributed by atoms with Gasteiger partial charge in [0.2, 0.25) is 0 Å². The van der Waals surface area contributed by atoms with Gasteiger partial charge in [0.05, 0.1) is 0 Å². The number of hydrogen-bond donors (Lipinski definition) is 0. The number of rotatable bonds is 3. The molecule has 1 aliphatic rings. The molecule has 0 spiro atoms. The van der Waals surface area contributed by atoms with Gasteiger partial charge >= 0.3 is 11.9 Å². The topological polar surface area (TPSA) is 61.8 Å². The van der Waals surface area contributed by atoms with Crippen LogP contribution in [0.15, 0.2) is 0 Å². The Morgan fingerprint density at radius 1 is 1.08 bits per heavy atom. The van der Waals surface area contributed by atoms with E-state index in [0.29, 0.717) is 5.75 Å². The SMILES string of the molecule is CC(=O)Oc1c(C)c(C)c2c(c1C)CCC(C)(C(C)OC(C)=O)O2. The second kappa shape index (κ2) is 6.46. The molecular weight excluding hydrogens is 308 g/mol. The van der Waals surface area contributed by atoms with Crippen molar-refractivity contribution in [2.45, 2.75) is 73.0 Å². The molecule has 0 bridgehead atoms. The van der Waals surface area contributed by atoms with E-state index in [4.69, 9.17) is 14.2 Å². The number of benzene rings is 1. The second-order valence-electron chi connectivity index (χ2n) is 6.77. The highest BCUT2D eigenvalue weighted by Gasteiger charge is 2.41. The van der Waals surface area contributed by atoms with Gasteiger partial charge in [0.1, 0.15) is 23.2 Å². The van der Waals surface area contributed by atoms with Crippen molar-refractivity contribution in [2.24, 2.45) is 0 Å². The maximum absolute atomic E-state index is 11.4. The first kappa shape index (κ1) is 18.3. The Balaban J connectivity index is 2.46. The minimum absolute atomic E-state index is 0.313. The van der Waals surface area contributed by atoms with Crippen LogP contribution in [0.4, 0.5) is 0 Å². The first-order valence-electron chi connectivity index (χ1n) is 8.24. The zero-order valence-electron chi connectivity index (χ0n) is 15.5. The molecule has 2 atom stereocenters. The molecule has 1 aromatic carbocycles. The number of ether oxygens (including phenoxy) is 3. The van der Waals surface area contributed by atoms with Gasteiger partial charge < -0.3 is 14.2 Å². The van der Waals surface area contributed by atoms with E-state index in [2.05, 4.69) is 0 Å². The van der Waals surface area contributed by atoms with Crippen molar-refractivity contribution >= 4 is 11.9 Å². The monoisotopic (exact) mass is 334 g/mol. The molecule has 1 aliphatic heterocycles. The van der Waals surface area contributed by atoms with Crippen molar-refractivity contribution in [1.29, 1.82) is 0 Å². The van der Waals surface area contributed by atoms with Gasteiger partial charge in [-0.25, -0.2) is 0 Å². The van der Waals surface area contributed by atoms with Gasteiger partial charge in [-0.3, -0.25) is 9.59 Å². The van der Waals surface area contributed by atoms with Gasteiger partial charge in [-0.05, 0) is 64.2 Å². The van der Waals surface area contributed by atoms with Crippen LogP contribution in [-0.4, -0.2) is 23.6 Å². The molecule has 132 valence electrons. The summed E-state index contributed by atoms with van der Waals surface area (Å²) in [6.45, 7) is 12.5. The maximum atomic E-state index is 11.4. The lowest BCUT2D eigenvalue weighted by atomic mass is 9.84. The third-order valence-corrected chi connectivity index (χ3v) is 4.97. The number of hydrogen-bond acceptors (Lipinski definition) is 5. The summed E-state index contributed by atoms with van der Waals surface area (Å²) in [5.41, 5.74) is 3.26. The van der Waals surface area contributed by atoms with Crippen LogP contribution in [0.2, 0.25) is 0 Å². The van der Waals surface area contributed by atoms with Crippen molar-refractivity contribution in [3.05, 3.63) is 22.3 Å². The Morgan fingerprint density at radius 2 is 1.71 bits per heavy atom. The van der Waals surface area contributed by atoms with Crippen molar-refractivity contribution in [3.8, 4) is 11.5 Å². The van der Waals surface area contributed by atoms with Gasteiger partial charge in [0.25, 0.3) is 0 Å². The standard InChI is InChI=1S/C19H26O5/c1-10-11(2)18-16(12(3)17(10)23-15(6)21)8-9-19(7,24-18)13(4)22-14(5)20/h13H,8-9H2,1-7H3. The zero-order chi connectivity index (χ0) is 18.2. The summed E-state index contributed by atoms with van der Waals surface area (Å²) in [7, 11) is 0. The van der Waals surface area contributed by atoms with E-state index < -0.39 is 5.60 Å². The molecule has 0 N–H and O–H groups in total. The summed E-state index contributed by atoms with van der Waals surface area (Å²) in [5, 5.41) is 0. The molecule has 5 heteroatoms. The quantitative estimate of drug-likeness (QED) is 0.624. The van der Waals surface area contributed by atoms with Crippen LogP contribution in [-0.2, 0) is 20.7 Å². The van der Waals surface area contributed by atoms with E-state index in [1.165, 1.54) is 13.8 Å². The number of carbonyl (C=O) groups excluding carboxylic acids is 2. The van der Waals surface area contributed by atoms with E-state index >= 15 is 0 Å². The summed E-state index contributed by atoms with van der Waals surface area (Å²) in [5.74, 6) is 0.797. The van der Waals surface area contributed by atoms with E-state index in [1.54, 1.807) is 0 Å². The van der Waals surface area contributed by atoms with Gasteiger partial charge in [-0.2, -0.15) is 0 Å². The number of fused-ring (bicyclic) bond motifs is 1. The van der Waals surface area contributed by atoms with Crippen LogP contribution in [0.25, 0.3) is 0 Å². The molecule has 0 radical (unpaired) electrons. The molecule has 1 heterocycles. The highest BCUT2D eigenvalue weighted by molar-refractivity contribution is 5.72. The molecule has 0 saturated carbocycles. The molecule has 2 rings (SSSR count). The molecule has 0 fully saturated rings. The fraction of sp³-hybridized carbons (Fsp3) is 0.579. The number of carbonyl (C=O) groups is 2. The molecule has 0 aromatic heterocycles. The summed E-state index contributed by atoms with van der Waals surface area (Å²) >= 11 is 0. The minimum atomic E-state index is -0.578. The molecule has 2 unspecified atom stereocenters. The molecule has 5 nitrogen and oxygen atoms in total. The smallest absolute Gasteiger partial charge is 0.308 e. The van der Waals surface area contributed by atoms with Crippen LogP contribution in [0.1, 0.15) is 56.4 Å². The fourth-order valence-electron chi connectivity index (χ4n) is 3.21. The lowest BCUT2D eigenvalue weighted by Gasteiger charge is -2.41. The van der Waals surface area contributed by atoms with Gasteiger partial charge in [-0.1, -0.05) is 0 Å². The van der Waals surface area contributed by atoms with Crippen LogP contribution in [0.3, 0.4) is 0 Å². The summed E-state index contributed by atoms with van der Waals surface area (Å²) in [6.07, 6.45) is 1.15.